The summed E-state index contributed by atoms with van der Waals surface area (Å²) in [5.74, 6) is 3.85. The first kappa shape index (κ1) is 20.2. The van der Waals surface area contributed by atoms with Gasteiger partial charge >= 0.3 is 0 Å². The van der Waals surface area contributed by atoms with Gasteiger partial charge in [0.2, 0.25) is 5.91 Å². The molecule has 1 amide bonds. The van der Waals surface area contributed by atoms with Gasteiger partial charge < -0.3 is 15.6 Å². The van der Waals surface area contributed by atoms with Crippen molar-refractivity contribution in [2.75, 3.05) is 11.1 Å². The summed E-state index contributed by atoms with van der Waals surface area (Å²) in [5, 5.41) is 14.6. The van der Waals surface area contributed by atoms with Gasteiger partial charge in [0.05, 0.1) is 23.1 Å². The maximum Gasteiger partial charge on any atom is 0.230 e. The van der Waals surface area contributed by atoms with E-state index in [0.29, 0.717) is 33.9 Å². The van der Waals surface area contributed by atoms with Crippen molar-refractivity contribution in [1.82, 2.24) is 20.3 Å². The molecule has 4 rings (SSSR count). The smallest absolute Gasteiger partial charge is 0.230 e. The molecule has 0 saturated heterocycles. The van der Waals surface area contributed by atoms with Crippen LogP contribution in [0, 0.1) is 12.3 Å². The van der Waals surface area contributed by atoms with Crippen molar-refractivity contribution in [1.29, 1.82) is 0 Å². The van der Waals surface area contributed by atoms with E-state index in [1.165, 1.54) is 6.20 Å². The Morgan fingerprint density at radius 2 is 2.03 bits per heavy atom. The Bertz CT molecular complexity index is 1300. The summed E-state index contributed by atoms with van der Waals surface area (Å²) in [6.45, 7) is 6.04. The summed E-state index contributed by atoms with van der Waals surface area (Å²) in [5.41, 5.74) is 9.49. The van der Waals surface area contributed by atoms with Crippen LogP contribution in [0.4, 0.5) is 11.6 Å². The van der Waals surface area contributed by atoms with E-state index in [4.69, 9.17) is 16.7 Å². The molecule has 0 aliphatic heterocycles. The van der Waals surface area contributed by atoms with Crippen molar-refractivity contribution in [3.05, 3.63) is 53.4 Å². The van der Waals surface area contributed by atoms with Crippen LogP contribution in [0.1, 0.15) is 37.7 Å². The second-order valence-electron chi connectivity index (χ2n) is 8.27. The summed E-state index contributed by atoms with van der Waals surface area (Å²) < 4.78 is 5.30. The zero-order valence-corrected chi connectivity index (χ0v) is 17.5. The fourth-order valence-electron chi connectivity index (χ4n) is 3.21. The second-order valence-corrected chi connectivity index (χ2v) is 8.27. The summed E-state index contributed by atoms with van der Waals surface area (Å²) in [4.78, 5) is 16.6. The Kier molecular flexibility index (Phi) is 4.95. The highest BCUT2D eigenvalue weighted by molar-refractivity contribution is 6.02. The molecule has 156 valence electrons. The molecule has 0 bridgehead atoms. The number of benzene rings is 1. The number of nitrogen functional groups attached to an aromatic ring is 1. The average molecular weight is 414 g/mol. The van der Waals surface area contributed by atoms with Crippen molar-refractivity contribution in [2.45, 2.75) is 32.6 Å². The Morgan fingerprint density at radius 1 is 1.29 bits per heavy atom. The van der Waals surface area contributed by atoms with Crippen LogP contribution in [-0.2, 0) is 16.6 Å². The van der Waals surface area contributed by atoms with Gasteiger partial charge in [-0.15, -0.1) is 6.42 Å². The maximum absolute atomic E-state index is 12.4. The molecule has 0 unspecified atom stereocenters. The van der Waals surface area contributed by atoms with Gasteiger partial charge in [0.1, 0.15) is 17.1 Å². The van der Waals surface area contributed by atoms with Gasteiger partial charge in [-0.1, -0.05) is 56.1 Å². The van der Waals surface area contributed by atoms with Gasteiger partial charge in [0, 0.05) is 23.2 Å². The fraction of sp³-hybridized carbons (Fsp3) is 0.217. The zero-order chi connectivity index (χ0) is 22.2. The molecule has 31 heavy (non-hydrogen) atoms. The molecular weight excluding hydrogens is 392 g/mol. The number of pyridine rings is 1. The molecule has 0 atom stereocenters. The molecule has 8 nitrogen and oxygen atoms in total. The number of nitrogens with two attached hydrogens (primary N) is 1. The zero-order valence-electron chi connectivity index (χ0n) is 17.5. The molecule has 0 aliphatic rings. The lowest BCUT2D eigenvalue weighted by molar-refractivity contribution is -0.115. The number of amides is 1. The minimum atomic E-state index is -0.180. The normalized spacial score (nSPS) is 11.4. The summed E-state index contributed by atoms with van der Waals surface area (Å²) >= 11 is 0. The number of carbonyl (C=O) groups is 1. The van der Waals surface area contributed by atoms with Gasteiger partial charge in [-0.05, 0) is 5.56 Å². The highest BCUT2D eigenvalue weighted by Gasteiger charge is 2.20. The Hall–Kier alpha value is -4.12. The lowest BCUT2D eigenvalue weighted by Gasteiger charge is -2.12. The third-order valence-corrected chi connectivity index (χ3v) is 4.89. The van der Waals surface area contributed by atoms with Crippen LogP contribution in [0.25, 0.3) is 22.2 Å². The number of terminal acetylenes is 1. The van der Waals surface area contributed by atoms with Crippen molar-refractivity contribution >= 4 is 28.4 Å². The van der Waals surface area contributed by atoms with Crippen molar-refractivity contribution in [3.8, 4) is 23.6 Å². The highest BCUT2D eigenvalue weighted by Crippen LogP contribution is 2.31. The Morgan fingerprint density at radius 3 is 2.68 bits per heavy atom. The van der Waals surface area contributed by atoms with Crippen molar-refractivity contribution in [3.63, 3.8) is 0 Å². The van der Waals surface area contributed by atoms with Gasteiger partial charge in [-0.25, -0.2) is 4.98 Å². The van der Waals surface area contributed by atoms with E-state index in [1.807, 2.05) is 45.0 Å². The van der Waals surface area contributed by atoms with E-state index in [0.717, 1.165) is 16.8 Å². The minimum absolute atomic E-state index is 0.178. The Balaban J connectivity index is 1.50. The first-order valence-electron chi connectivity index (χ1n) is 9.72. The van der Waals surface area contributed by atoms with Crippen LogP contribution in [0.5, 0.6) is 0 Å². The number of nitrogens with zero attached hydrogens (tertiary/aromatic N) is 3. The average Bonchev–Trinajstić information content (AvgIpc) is 3.37. The predicted octanol–water partition coefficient (Wildman–Crippen LogP) is 3.66. The molecule has 0 aliphatic carbocycles. The van der Waals surface area contributed by atoms with Gasteiger partial charge in [0.25, 0.3) is 0 Å². The quantitative estimate of drug-likeness (QED) is 0.438. The number of aromatic amines is 1. The number of anilines is 2. The van der Waals surface area contributed by atoms with E-state index in [9.17, 15) is 4.79 Å². The number of hydrogen-bond acceptors (Lipinski definition) is 6. The highest BCUT2D eigenvalue weighted by atomic mass is 16.5. The molecule has 0 spiro atoms. The number of fused-ring (bicyclic) bond motifs is 1. The van der Waals surface area contributed by atoms with Crippen molar-refractivity contribution < 1.29 is 9.32 Å². The van der Waals surface area contributed by atoms with E-state index in [-0.39, 0.29) is 17.7 Å². The molecule has 1 aromatic carbocycles. The van der Waals surface area contributed by atoms with E-state index >= 15 is 0 Å². The number of nitrogens with one attached hydrogen (secondary N) is 2. The van der Waals surface area contributed by atoms with Gasteiger partial charge in [-0.2, -0.15) is 5.10 Å². The fourth-order valence-corrected chi connectivity index (χ4v) is 3.21. The largest absolute Gasteiger partial charge is 0.383 e. The summed E-state index contributed by atoms with van der Waals surface area (Å²) in [6.07, 6.45) is 7.26. The van der Waals surface area contributed by atoms with E-state index < -0.39 is 0 Å². The monoisotopic (exact) mass is 414 g/mol. The first-order chi connectivity index (χ1) is 14.8. The van der Waals surface area contributed by atoms with Gasteiger partial charge in [-0.3, -0.25) is 9.89 Å². The Labute approximate surface area is 179 Å². The second kappa shape index (κ2) is 7.61. The molecule has 4 N–H and O–H groups in total. The molecule has 3 heterocycles. The lowest BCUT2D eigenvalue weighted by Crippen LogP contribution is -2.14. The maximum atomic E-state index is 12.4. The number of H-pyrrole nitrogens is 1. The van der Waals surface area contributed by atoms with E-state index in [1.54, 1.807) is 6.07 Å². The standard InChI is InChI=1S/C23H22N6O2/c1-5-14-12-25-22(24)19-20(14)27-28-21(19)15-8-6-13(7-9-15)10-18(30)26-17-11-16(31-29-17)23(2,3)4/h1,6-9,11-12H,10H2,2-4H3,(H2,24,25)(H,27,28)(H,26,29,30). The van der Waals surface area contributed by atoms with Crippen molar-refractivity contribution in [2.24, 2.45) is 0 Å². The molecule has 0 saturated carbocycles. The third kappa shape index (κ3) is 3.98. The van der Waals surface area contributed by atoms with Crippen LogP contribution in [0.3, 0.4) is 0 Å². The first-order valence-corrected chi connectivity index (χ1v) is 9.72. The van der Waals surface area contributed by atoms with Crippen LogP contribution in [0.2, 0.25) is 0 Å². The van der Waals surface area contributed by atoms with Crippen LogP contribution in [-0.4, -0.2) is 26.2 Å². The number of rotatable bonds is 4. The van der Waals surface area contributed by atoms with Crippen LogP contribution in [0.15, 0.2) is 41.1 Å². The van der Waals surface area contributed by atoms with Crippen LogP contribution >= 0.6 is 0 Å². The topological polar surface area (TPSA) is 123 Å². The molecule has 4 aromatic rings. The SMILES string of the molecule is C#Cc1cnc(N)c2c(-c3ccc(CC(=O)Nc4cc(C(C)(C)C)on4)cc3)[nH]nc12. The minimum Gasteiger partial charge on any atom is -0.383 e. The van der Waals surface area contributed by atoms with E-state index in [2.05, 4.69) is 31.6 Å². The van der Waals surface area contributed by atoms with Gasteiger partial charge in [0.15, 0.2) is 5.82 Å². The summed E-state index contributed by atoms with van der Waals surface area (Å²) in [6, 6.07) is 9.28. The molecular formula is C23H22N6O2. The number of hydrogen-bond donors (Lipinski definition) is 3. The number of aromatic nitrogens is 4. The number of carbonyl (C=O) groups excluding carboxylic acids is 1. The molecule has 0 fully saturated rings. The molecule has 0 radical (unpaired) electrons. The lowest BCUT2D eigenvalue weighted by atomic mass is 9.93. The summed E-state index contributed by atoms with van der Waals surface area (Å²) in [7, 11) is 0. The third-order valence-electron chi connectivity index (χ3n) is 4.89. The molecule has 3 aromatic heterocycles. The van der Waals surface area contributed by atoms with Crippen LogP contribution < -0.4 is 11.1 Å². The molecule has 8 heteroatoms. The predicted molar refractivity (Wildman–Crippen MR) is 119 cm³/mol.